The summed E-state index contributed by atoms with van der Waals surface area (Å²) in [7, 11) is 2.14. The number of likely N-dealkylation sites (tertiary alicyclic amines) is 1. The molecule has 2 unspecified atom stereocenters. The minimum absolute atomic E-state index is 0.0224. The molecular formula is C38H43ClN12O6. The second-order valence-electron chi connectivity index (χ2n) is 14.3. The normalized spacial score (nSPS) is 19.9. The van der Waals surface area contributed by atoms with Crippen LogP contribution >= 0.6 is 11.6 Å². The summed E-state index contributed by atoms with van der Waals surface area (Å²) in [6, 6.07) is 17.3. The molecule has 18 nitrogen and oxygen atoms in total. The van der Waals surface area contributed by atoms with Gasteiger partial charge in [-0.25, -0.2) is 9.59 Å². The molecule has 3 aromatic carbocycles. The van der Waals surface area contributed by atoms with Crippen LogP contribution in [0.3, 0.4) is 0 Å². The molecule has 4 aromatic rings. The SMILES string of the molecule is CN1CCN(C2CCN(C(=O)Nc3ccc(CCC(=O)NC4c5ccccc5NC4(NC(=O)C(=O)Nc4cc(Cl)ccc4-n4cnnn4)C(=O)O)cc3)CC2)CC1. The molecule has 7 rings (SSSR count). The van der Waals surface area contributed by atoms with E-state index in [1.165, 1.54) is 29.2 Å². The number of aliphatic carboxylic acids is 1. The van der Waals surface area contributed by atoms with Crippen LogP contribution in [0.25, 0.3) is 5.69 Å². The van der Waals surface area contributed by atoms with Gasteiger partial charge in [0.25, 0.3) is 0 Å². The van der Waals surface area contributed by atoms with Crippen molar-refractivity contribution in [2.75, 3.05) is 62.3 Å². The first-order valence-corrected chi connectivity index (χ1v) is 19.0. The Kier molecular flexibility index (Phi) is 11.6. The number of carbonyl (C=O) groups excluding carboxylic acids is 4. The topological polar surface area (TPSA) is 219 Å². The minimum atomic E-state index is -2.33. The van der Waals surface area contributed by atoms with Crippen LogP contribution in [0.1, 0.15) is 36.4 Å². The second-order valence-corrected chi connectivity index (χ2v) is 14.8. The summed E-state index contributed by atoms with van der Waals surface area (Å²) in [5.74, 6) is -4.55. The van der Waals surface area contributed by atoms with Crippen LogP contribution in [0.15, 0.2) is 73.1 Å². The Morgan fingerprint density at radius 2 is 1.65 bits per heavy atom. The van der Waals surface area contributed by atoms with Crippen LogP contribution in [-0.4, -0.2) is 128 Å². The second kappa shape index (κ2) is 16.9. The van der Waals surface area contributed by atoms with Gasteiger partial charge in [-0.2, -0.15) is 4.68 Å². The van der Waals surface area contributed by atoms with Gasteiger partial charge in [-0.05, 0) is 78.7 Å². The van der Waals surface area contributed by atoms with E-state index >= 15 is 0 Å². The number of fused-ring (bicyclic) bond motifs is 1. The monoisotopic (exact) mass is 798 g/mol. The van der Waals surface area contributed by atoms with Gasteiger partial charge in [0, 0.05) is 73.7 Å². The third-order valence-corrected chi connectivity index (χ3v) is 10.9. The van der Waals surface area contributed by atoms with Crippen molar-refractivity contribution in [3.8, 4) is 5.69 Å². The highest BCUT2D eigenvalue weighted by Gasteiger charge is 2.55. The number of nitrogens with zero attached hydrogens (tertiary/aromatic N) is 7. The fraction of sp³-hybridized carbons (Fsp3) is 0.368. The zero-order valence-corrected chi connectivity index (χ0v) is 31.9. The summed E-state index contributed by atoms with van der Waals surface area (Å²) < 4.78 is 1.25. The number of tetrazole rings is 1. The number of carboxylic acids is 1. The Balaban J connectivity index is 0.953. The number of benzene rings is 3. The Morgan fingerprint density at radius 3 is 2.35 bits per heavy atom. The van der Waals surface area contributed by atoms with Crippen LogP contribution in [0.2, 0.25) is 5.02 Å². The smallest absolute Gasteiger partial charge is 0.353 e. The van der Waals surface area contributed by atoms with Crippen LogP contribution in [0.5, 0.6) is 0 Å². The van der Waals surface area contributed by atoms with Crippen molar-refractivity contribution in [2.24, 2.45) is 0 Å². The molecule has 0 bridgehead atoms. The Morgan fingerprint density at radius 1 is 0.912 bits per heavy atom. The molecule has 0 radical (unpaired) electrons. The number of carbonyl (C=O) groups is 5. The molecular weight excluding hydrogens is 756 g/mol. The number of hydrogen-bond acceptors (Lipinski definition) is 11. The van der Waals surface area contributed by atoms with Gasteiger partial charge in [-0.15, -0.1) is 5.10 Å². The van der Waals surface area contributed by atoms with Crippen molar-refractivity contribution >= 4 is 58.4 Å². The lowest BCUT2D eigenvalue weighted by Gasteiger charge is -2.42. The molecule has 19 heteroatoms. The number of amides is 5. The highest BCUT2D eigenvalue weighted by atomic mass is 35.5. The molecule has 4 heterocycles. The first-order chi connectivity index (χ1) is 27.5. The lowest BCUT2D eigenvalue weighted by atomic mass is 9.96. The number of urea groups is 1. The van der Waals surface area contributed by atoms with Gasteiger partial charge in [0.15, 0.2) is 0 Å². The molecule has 1 aromatic heterocycles. The number of halogens is 1. The highest BCUT2D eigenvalue weighted by molar-refractivity contribution is 6.40. The zero-order valence-electron chi connectivity index (χ0n) is 31.2. The first kappa shape index (κ1) is 39.1. The minimum Gasteiger partial charge on any atom is -0.478 e. The predicted octanol–water partition coefficient (Wildman–Crippen LogP) is 2.31. The van der Waals surface area contributed by atoms with Crippen LogP contribution in [0, 0.1) is 0 Å². The Hall–Kier alpha value is -6.11. The fourth-order valence-electron chi connectivity index (χ4n) is 7.46. The molecule has 2 fully saturated rings. The Bertz CT molecular complexity index is 2120. The zero-order chi connectivity index (χ0) is 40.1. The van der Waals surface area contributed by atoms with Crippen LogP contribution in [-0.2, 0) is 25.6 Å². The third-order valence-electron chi connectivity index (χ3n) is 10.7. The Labute approximate surface area is 332 Å². The number of aromatic nitrogens is 4. The van der Waals surface area contributed by atoms with Crippen molar-refractivity contribution in [3.63, 3.8) is 0 Å². The van der Waals surface area contributed by atoms with Crippen LogP contribution < -0.4 is 26.6 Å². The molecule has 3 aliphatic heterocycles. The number of carboxylic acid groups (broad SMARTS) is 1. The van der Waals surface area contributed by atoms with Gasteiger partial charge < -0.3 is 41.5 Å². The largest absolute Gasteiger partial charge is 0.478 e. The van der Waals surface area contributed by atoms with Crippen molar-refractivity contribution in [2.45, 2.75) is 43.4 Å². The van der Waals surface area contributed by atoms with Crippen LogP contribution in [0.4, 0.5) is 21.9 Å². The van der Waals surface area contributed by atoms with Crippen molar-refractivity contribution in [1.82, 2.24) is 45.5 Å². The average molecular weight is 799 g/mol. The summed E-state index contributed by atoms with van der Waals surface area (Å²) in [5, 5.41) is 35.1. The summed E-state index contributed by atoms with van der Waals surface area (Å²) in [4.78, 5) is 72.8. The van der Waals surface area contributed by atoms with Crippen molar-refractivity contribution < 1.29 is 29.1 Å². The van der Waals surface area contributed by atoms with E-state index in [2.05, 4.69) is 59.0 Å². The van der Waals surface area contributed by atoms with Gasteiger partial charge in [0.1, 0.15) is 12.4 Å². The van der Waals surface area contributed by atoms with E-state index in [1.54, 1.807) is 36.4 Å². The lowest BCUT2D eigenvalue weighted by Crippen LogP contribution is -2.65. The molecule has 2 atom stereocenters. The number of para-hydroxylation sites is 1. The maximum absolute atomic E-state index is 13.4. The number of piperidine rings is 1. The van der Waals surface area contributed by atoms with E-state index in [0.29, 0.717) is 48.2 Å². The standard InChI is InChI=1S/C38H43ClN12O6/c1-48-18-20-49(21-19-48)27-14-16-50(17-15-27)37(57)41-26-10-6-24(7-11-26)8-13-32(52)43-33-28-4-2-3-5-29(28)44-38(33,36(55)56)45-35(54)34(53)42-30-22-25(39)9-12-31(30)51-23-40-46-47-51/h2-7,9-12,22-23,27,33,44H,8,13-21H2,1H3,(H,41,57)(H,42,53)(H,43,52)(H,45,54)(H,55,56). The molecule has 298 valence electrons. The quantitative estimate of drug-likeness (QED) is 0.127. The van der Waals surface area contributed by atoms with Gasteiger partial charge in [0.2, 0.25) is 11.6 Å². The molecule has 5 amide bonds. The number of nitrogens with one attached hydrogen (secondary N) is 5. The maximum Gasteiger partial charge on any atom is 0.353 e. The predicted molar refractivity (Wildman–Crippen MR) is 210 cm³/mol. The summed E-state index contributed by atoms with van der Waals surface area (Å²) >= 11 is 6.14. The fourth-order valence-corrected chi connectivity index (χ4v) is 7.64. The molecule has 0 aliphatic carbocycles. The summed E-state index contributed by atoms with van der Waals surface area (Å²) in [6.45, 7) is 5.66. The molecule has 2 saturated heterocycles. The average Bonchev–Trinajstić information content (AvgIpc) is 3.85. The number of likely N-dealkylation sites (N-methyl/N-ethyl adjacent to an activating group) is 1. The molecule has 57 heavy (non-hydrogen) atoms. The molecule has 3 aliphatic rings. The summed E-state index contributed by atoms with van der Waals surface area (Å²) in [5.41, 5.74) is 0.238. The first-order valence-electron chi connectivity index (χ1n) is 18.6. The lowest BCUT2D eigenvalue weighted by molar-refractivity contribution is -0.149. The third kappa shape index (κ3) is 8.82. The number of aryl methyl sites for hydroxylation is 1. The van der Waals surface area contributed by atoms with E-state index in [-0.39, 0.29) is 23.2 Å². The number of piperazine rings is 1. The van der Waals surface area contributed by atoms with Gasteiger partial charge in [0.05, 0.1) is 11.4 Å². The van der Waals surface area contributed by atoms with E-state index in [9.17, 15) is 29.1 Å². The van der Waals surface area contributed by atoms with Gasteiger partial charge >= 0.3 is 23.8 Å². The highest BCUT2D eigenvalue weighted by Crippen LogP contribution is 2.40. The molecule has 0 spiro atoms. The maximum atomic E-state index is 13.4. The molecule has 6 N–H and O–H groups in total. The number of anilines is 3. The molecule has 0 saturated carbocycles. The van der Waals surface area contributed by atoms with Gasteiger partial charge in [-0.1, -0.05) is 41.9 Å². The summed E-state index contributed by atoms with van der Waals surface area (Å²) in [6.07, 6.45) is 3.46. The van der Waals surface area contributed by atoms with E-state index in [1.807, 2.05) is 17.0 Å². The van der Waals surface area contributed by atoms with Crippen molar-refractivity contribution in [1.29, 1.82) is 0 Å². The number of rotatable bonds is 10. The van der Waals surface area contributed by atoms with Gasteiger partial charge in [-0.3, -0.25) is 19.3 Å². The van der Waals surface area contributed by atoms with E-state index < -0.39 is 35.4 Å². The van der Waals surface area contributed by atoms with E-state index in [4.69, 9.17) is 11.6 Å². The number of hydrogen-bond donors (Lipinski definition) is 6. The van der Waals surface area contributed by atoms with E-state index in [0.717, 1.165) is 44.6 Å². The van der Waals surface area contributed by atoms with Crippen molar-refractivity contribution in [3.05, 3.63) is 89.2 Å².